The molecule has 0 aliphatic heterocycles. The SMILES string of the molecule is CCc1cccc2c(C(=O)c3ccc(Cl)cc3N)c[nH]c12. The fourth-order valence-electron chi connectivity index (χ4n) is 2.59. The third-order valence-corrected chi connectivity index (χ3v) is 3.92. The van der Waals surface area contributed by atoms with Gasteiger partial charge in [-0.3, -0.25) is 4.79 Å². The van der Waals surface area contributed by atoms with E-state index in [0.717, 1.165) is 17.3 Å². The summed E-state index contributed by atoms with van der Waals surface area (Å²) in [5.74, 6) is -0.0938. The molecule has 0 radical (unpaired) electrons. The molecule has 3 N–H and O–H groups in total. The zero-order valence-electron chi connectivity index (χ0n) is 11.6. The van der Waals surface area contributed by atoms with Gasteiger partial charge in [-0.25, -0.2) is 0 Å². The van der Waals surface area contributed by atoms with Crippen LogP contribution in [-0.4, -0.2) is 10.8 Å². The van der Waals surface area contributed by atoms with Crippen LogP contribution in [0.1, 0.15) is 28.4 Å². The monoisotopic (exact) mass is 298 g/mol. The number of aromatic amines is 1. The molecule has 0 spiro atoms. The van der Waals surface area contributed by atoms with Crippen LogP contribution in [0.5, 0.6) is 0 Å². The summed E-state index contributed by atoms with van der Waals surface area (Å²) in [4.78, 5) is 15.9. The highest BCUT2D eigenvalue weighted by Gasteiger charge is 2.17. The summed E-state index contributed by atoms with van der Waals surface area (Å²) in [6.45, 7) is 2.09. The zero-order valence-corrected chi connectivity index (χ0v) is 12.4. The average Bonchev–Trinajstić information content (AvgIpc) is 2.90. The first-order valence-electron chi connectivity index (χ1n) is 6.80. The predicted octanol–water partition coefficient (Wildman–Crippen LogP) is 4.20. The Morgan fingerprint density at radius 3 is 2.76 bits per heavy atom. The number of aromatic nitrogens is 1. The standard InChI is InChI=1S/C17H15ClN2O/c1-2-10-4-3-5-12-14(9-20-16(10)12)17(21)13-7-6-11(18)8-15(13)19/h3-9,20H,2,19H2,1H3. The number of benzene rings is 2. The van der Waals surface area contributed by atoms with Gasteiger partial charge >= 0.3 is 0 Å². The molecule has 0 saturated heterocycles. The number of rotatable bonds is 3. The fourth-order valence-corrected chi connectivity index (χ4v) is 2.77. The van der Waals surface area contributed by atoms with Gasteiger partial charge in [0.15, 0.2) is 5.78 Å². The number of fused-ring (bicyclic) bond motifs is 1. The van der Waals surface area contributed by atoms with Gasteiger partial charge in [-0.15, -0.1) is 0 Å². The van der Waals surface area contributed by atoms with Crippen molar-refractivity contribution in [2.75, 3.05) is 5.73 Å². The summed E-state index contributed by atoms with van der Waals surface area (Å²) in [7, 11) is 0. The third kappa shape index (κ3) is 2.30. The molecule has 3 aromatic rings. The van der Waals surface area contributed by atoms with E-state index in [0.29, 0.717) is 21.8 Å². The molecule has 0 aliphatic rings. The molecule has 2 aromatic carbocycles. The van der Waals surface area contributed by atoms with Crippen molar-refractivity contribution in [1.82, 2.24) is 4.98 Å². The first-order chi connectivity index (χ1) is 10.1. The van der Waals surface area contributed by atoms with E-state index in [9.17, 15) is 4.79 Å². The number of nitrogen functional groups attached to an aromatic ring is 1. The van der Waals surface area contributed by atoms with Crippen LogP contribution >= 0.6 is 11.6 Å². The molecule has 1 heterocycles. The lowest BCUT2D eigenvalue weighted by Crippen LogP contribution is -2.04. The summed E-state index contributed by atoms with van der Waals surface area (Å²) in [5, 5.41) is 1.45. The highest BCUT2D eigenvalue weighted by molar-refractivity contribution is 6.31. The van der Waals surface area contributed by atoms with Crippen molar-refractivity contribution < 1.29 is 4.79 Å². The second-order valence-electron chi connectivity index (χ2n) is 4.96. The van der Waals surface area contributed by atoms with Crippen molar-refractivity contribution in [3.63, 3.8) is 0 Å². The molecular weight excluding hydrogens is 284 g/mol. The van der Waals surface area contributed by atoms with E-state index in [1.54, 1.807) is 24.4 Å². The van der Waals surface area contributed by atoms with E-state index in [4.69, 9.17) is 17.3 Å². The first-order valence-corrected chi connectivity index (χ1v) is 7.18. The molecule has 3 nitrogen and oxygen atoms in total. The van der Waals surface area contributed by atoms with E-state index in [2.05, 4.69) is 18.0 Å². The van der Waals surface area contributed by atoms with E-state index in [1.165, 1.54) is 5.56 Å². The molecule has 0 atom stereocenters. The van der Waals surface area contributed by atoms with Gasteiger partial charge in [-0.2, -0.15) is 0 Å². The number of anilines is 1. The molecule has 0 unspecified atom stereocenters. The Kier molecular flexibility index (Phi) is 3.43. The Balaban J connectivity index is 2.14. The summed E-state index contributed by atoms with van der Waals surface area (Å²) in [6, 6.07) is 10.9. The molecule has 0 amide bonds. The first kappa shape index (κ1) is 13.7. The maximum Gasteiger partial charge on any atom is 0.197 e. The van der Waals surface area contributed by atoms with Crippen molar-refractivity contribution in [2.45, 2.75) is 13.3 Å². The molecule has 4 heteroatoms. The number of nitrogens with two attached hydrogens (primary N) is 1. The number of carbonyl (C=O) groups is 1. The van der Waals surface area contributed by atoms with Crippen LogP contribution in [0.3, 0.4) is 0 Å². The van der Waals surface area contributed by atoms with Gasteiger partial charge in [0, 0.05) is 38.9 Å². The number of hydrogen-bond acceptors (Lipinski definition) is 2. The number of carbonyl (C=O) groups excluding carboxylic acids is 1. The number of H-pyrrole nitrogens is 1. The largest absolute Gasteiger partial charge is 0.398 e. The number of ketones is 1. The summed E-state index contributed by atoms with van der Waals surface area (Å²) in [5.41, 5.74) is 9.62. The lowest BCUT2D eigenvalue weighted by molar-refractivity contribution is 0.104. The third-order valence-electron chi connectivity index (χ3n) is 3.69. The molecular formula is C17H15ClN2O. The van der Waals surface area contributed by atoms with Gasteiger partial charge in [-0.05, 0) is 30.2 Å². The smallest absolute Gasteiger partial charge is 0.197 e. The molecule has 0 bridgehead atoms. The number of nitrogens with one attached hydrogen (secondary N) is 1. The minimum Gasteiger partial charge on any atom is -0.398 e. The van der Waals surface area contributed by atoms with Gasteiger partial charge in [0.2, 0.25) is 0 Å². The van der Waals surface area contributed by atoms with E-state index in [1.807, 2.05) is 12.1 Å². The molecule has 21 heavy (non-hydrogen) atoms. The summed E-state index contributed by atoms with van der Waals surface area (Å²) in [6.07, 6.45) is 2.66. The fraction of sp³-hybridized carbons (Fsp3) is 0.118. The predicted molar refractivity (Wildman–Crippen MR) is 87.0 cm³/mol. The number of para-hydroxylation sites is 1. The molecule has 1 aromatic heterocycles. The molecule has 106 valence electrons. The van der Waals surface area contributed by atoms with Crippen molar-refractivity contribution in [1.29, 1.82) is 0 Å². The zero-order chi connectivity index (χ0) is 15.0. The molecule has 0 fully saturated rings. The van der Waals surface area contributed by atoms with Gasteiger partial charge < -0.3 is 10.7 Å². The maximum atomic E-state index is 12.7. The van der Waals surface area contributed by atoms with Crippen molar-refractivity contribution in [2.24, 2.45) is 0 Å². The van der Waals surface area contributed by atoms with Crippen LogP contribution in [0.15, 0.2) is 42.6 Å². The quantitative estimate of drug-likeness (QED) is 0.562. The minimum atomic E-state index is -0.0938. The number of halogens is 1. The summed E-state index contributed by atoms with van der Waals surface area (Å²) >= 11 is 5.88. The van der Waals surface area contributed by atoms with E-state index < -0.39 is 0 Å². The Morgan fingerprint density at radius 2 is 2.05 bits per heavy atom. The molecule has 0 aliphatic carbocycles. The van der Waals surface area contributed by atoms with Gasteiger partial charge in [0.1, 0.15) is 0 Å². The van der Waals surface area contributed by atoms with Crippen LogP contribution in [-0.2, 0) is 6.42 Å². The van der Waals surface area contributed by atoms with Crippen molar-refractivity contribution >= 4 is 34.0 Å². The van der Waals surface area contributed by atoms with Crippen LogP contribution in [0.4, 0.5) is 5.69 Å². The number of aryl methyl sites for hydroxylation is 1. The van der Waals surface area contributed by atoms with Gasteiger partial charge in [-0.1, -0.05) is 36.7 Å². The average molecular weight is 299 g/mol. The second-order valence-corrected chi connectivity index (χ2v) is 5.39. The highest BCUT2D eigenvalue weighted by Crippen LogP contribution is 2.27. The van der Waals surface area contributed by atoms with Crippen molar-refractivity contribution in [3.05, 3.63) is 64.3 Å². The normalized spacial score (nSPS) is 11.0. The Hall–Kier alpha value is -2.26. The summed E-state index contributed by atoms with van der Waals surface area (Å²) < 4.78 is 0. The van der Waals surface area contributed by atoms with Crippen LogP contribution < -0.4 is 5.73 Å². The Labute approximate surface area is 127 Å². The minimum absolute atomic E-state index is 0.0938. The van der Waals surface area contributed by atoms with Crippen molar-refractivity contribution in [3.8, 4) is 0 Å². The maximum absolute atomic E-state index is 12.7. The second kappa shape index (κ2) is 5.26. The lowest BCUT2D eigenvalue weighted by atomic mass is 10.00. The van der Waals surface area contributed by atoms with Crippen LogP contribution in [0, 0.1) is 0 Å². The highest BCUT2D eigenvalue weighted by atomic mass is 35.5. The Bertz CT molecular complexity index is 836. The molecule has 3 rings (SSSR count). The van der Waals surface area contributed by atoms with Crippen LogP contribution in [0.25, 0.3) is 10.9 Å². The van der Waals surface area contributed by atoms with E-state index in [-0.39, 0.29) is 5.78 Å². The Morgan fingerprint density at radius 1 is 1.24 bits per heavy atom. The number of hydrogen-bond donors (Lipinski definition) is 2. The van der Waals surface area contributed by atoms with Crippen LogP contribution in [0.2, 0.25) is 5.02 Å². The van der Waals surface area contributed by atoms with Gasteiger partial charge in [0.05, 0.1) is 0 Å². The topological polar surface area (TPSA) is 58.9 Å². The van der Waals surface area contributed by atoms with E-state index >= 15 is 0 Å². The lowest BCUT2D eigenvalue weighted by Gasteiger charge is -2.05. The van der Waals surface area contributed by atoms with Gasteiger partial charge in [0.25, 0.3) is 0 Å². The molecule has 0 saturated carbocycles.